The molecule has 0 spiro atoms. The van der Waals surface area contributed by atoms with Gasteiger partial charge in [0.25, 0.3) is 5.69 Å². The molecule has 1 atom stereocenters. The Labute approximate surface area is 120 Å². The first-order valence-corrected chi connectivity index (χ1v) is 7.45. The van der Waals surface area contributed by atoms with Crippen LogP contribution in [0.1, 0.15) is 18.7 Å². The standard InChI is InChI=1S/C12H13N3O5S/c1-8(12-3-2-6-20-12)14-10-5-4-9(21(13,18)19)7-11(10)15(16)17/h2-8,14H,1H3,(H2,13,18,19)/t8-/m0/s1. The molecule has 0 saturated heterocycles. The second-order valence-electron chi connectivity index (χ2n) is 4.36. The van der Waals surface area contributed by atoms with Gasteiger partial charge in [-0.25, -0.2) is 13.6 Å². The van der Waals surface area contributed by atoms with Crippen LogP contribution in [-0.2, 0) is 10.0 Å². The summed E-state index contributed by atoms with van der Waals surface area (Å²) >= 11 is 0. The van der Waals surface area contributed by atoms with Crippen LogP contribution >= 0.6 is 0 Å². The van der Waals surface area contributed by atoms with E-state index in [9.17, 15) is 18.5 Å². The summed E-state index contributed by atoms with van der Waals surface area (Å²) in [5.41, 5.74) is -0.198. The predicted molar refractivity (Wildman–Crippen MR) is 75.2 cm³/mol. The topological polar surface area (TPSA) is 128 Å². The van der Waals surface area contributed by atoms with E-state index in [0.29, 0.717) is 5.76 Å². The number of nitrogens with two attached hydrogens (primary N) is 1. The minimum atomic E-state index is -4.00. The van der Waals surface area contributed by atoms with Crippen LogP contribution in [-0.4, -0.2) is 13.3 Å². The molecule has 0 amide bonds. The second kappa shape index (κ2) is 5.54. The van der Waals surface area contributed by atoms with Gasteiger partial charge in [0.1, 0.15) is 11.4 Å². The van der Waals surface area contributed by atoms with Gasteiger partial charge in [0.15, 0.2) is 0 Å². The highest BCUT2D eigenvalue weighted by molar-refractivity contribution is 7.89. The Kier molecular flexibility index (Phi) is 3.96. The largest absolute Gasteiger partial charge is 0.467 e. The molecule has 21 heavy (non-hydrogen) atoms. The van der Waals surface area contributed by atoms with Crippen molar-refractivity contribution in [3.63, 3.8) is 0 Å². The monoisotopic (exact) mass is 311 g/mol. The fourth-order valence-electron chi connectivity index (χ4n) is 1.80. The molecule has 0 saturated carbocycles. The fourth-order valence-corrected chi connectivity index (χ4v) is 2.34. The molecule has 2 aromatic rings. The highest BCUT2D eigenvalue weighted by Crippen LogP contribution is 2.30. The molecule has 0 fully saturated rings. The number of sulfonamides is 1. The van der Waals surface area contributed by atoms with Gasteiger partial charge in [-0.15, -0.1) is 0 Å². The van der Waals surface area contributed by atoms with E-state index < -0.39 is 14.9 Å². The van der Waals surface area contributed by atoms with Crippen molar-refractivity contribution in [2.75, 3.05) is 5.32 Å². The van der Waals surface area contributed by atoms with E-state index >= 15 is 0 Å². The second-order valence-corrected chi connectivity index (χ2v) is 5.92. The number of hydrogen-bond donors (Lipinski definition) is 2. The number of nitrogens with one attached hydrogen (secondary N) is 1. The van der Waals surface area contributed by atoms with E-state index in [0.717, 1.165) is 6.07 Å². The summed E-state index contributed by atoms with van der Waals surface area (Å²) in [6, 6.07) is 6.54. The number of furan rings is 1. The van der Waals surface area contributed by atoms with Gasteiger partial charge in [-0.3, -0.25) is 10.1 Å². The van der Waals surface area contributed by atoms with Gasteiger partial charge in [-0.05, 0) is 31.2 Å². The van der Waals surface area contributed by atoms with Crippen molar-refractivity contribution in [3.05, 3.63) is 52.5 Å². The first-order valence-electron chi connectivity index (χ1n) is 5.90. The molecule has 0 radical (unpaired) electrons. The third kappa shape index (κ3) is 3.38. The Morgan fingerprint density at radius 2 is 2.10 bits per heavy atom. The van der Waals surface area contributed by atoms with Crippen molar-refractivity contribution in [2.45, 2.75) is 17.9 Å². The molecular weight excluding hydrogens is 298 g/mol. The molecule has 0 bridgehead atoms. The summed E-state index contributed by atoms with van der Waals surface area (Å²) in [7, 11) is -4.00. The number of nitro benzene ring substituents is 1. The van der Waals surface area contributed by atoms with Crippen LogP contribution in [0.2, 0.25) is 0 Å². The van der Waals surface area contributed by atoms with Crippen molar-refractivity contribution in [1.82, 2.24) is 0 Å². The van der Waals surface area contributed by atoms with Gasteiger partial charge in [0.05, 0.1) is 22.1 Å². The first kappa shape index (κ1) is 15.0. The Balaban J connectivity index is 2.38. The fraction of sp³-hybridized carbons (Fsp3) is 0.167. The van der Waals surface area contributed by atoms with Crippen molar-refractivity contribution in [1.29, 1.82) is 0 Å². The van der Waals surface area contributed by atoms with E-state index in [2.05, 4.69) is 5.32 Å². The van der Waals surface area contributed by atoms with Crippen molar-refractivity contribution < 1.29 is 17.8 Å². The van der Waals surface area contributed by atoms with Gasteiger partial charge in [0, 0.05) is 6.07 Å². The van der Waals surface area contributed by atoms with E-state index in [1.165, 1.54) is 18.4 Å². The molecule has 8 nitrogen and oxygen atoms in total. The lowest BCUT2D eigenvalue weighted by Crippen LogP contribution is -2.13. The number of hydrogen-bond acceptors (Lipinski definition) is 6. The molecule has 112 valence electrons. The Morgan fingerprint density at radius 1 is 1.38 bits per heavy atom. The normalized spacial score (nSPS) is 12.9. The zero-order valence-corrected chi connectivity index (χ0v) is 11.8. The maximum absolute atomic E-state index is 11.2. The zero-order valence-electron chi connectivity index (χ0n) is 11.0. The zero-order chi connectivity index (χ0) is 15.6. The Hall–Kier alpha value is -2.39. The lowest BCUT2D eigenvalue weighted by molar-refractivity contribution is -0.384. The molecule has 0 aliphatic rings. The van der Waals surface area contributed by atoms with Crippen LogP contribution in [0.25, 0.3) is 0 Å². The minimum Gasteiger partial charge on any atom is -0.467 e. The van der Waals surface area contributed by atoms with Crippen LogP contribution in [0.5, 0.6) is 0 Å². The van der Waals surface area contributed by atoms with Gasteiger partial charge in [-0.2, -0.15) is 0 Å². The average molecular weight is 311 g/mol. The molecule has 0 aliphatic carbocycles. The quantitative estimate of drug-likeness (QED) is 0.642. The van der Waals surface area contributed by atoms with E-state index in [4.69, 9.17) is 9.56 Å². The van der Waals surface area contributed by atoms with E-state index in [1.54, 1.807) is 19.1 Å². The molecular formula is C12H13N3O5S. The molecule has 3 N–H and O–H groups in total. The van der Waals surface area contributed by atoms with Crippen molar-refractivity contribution in [2.24, 2.45) is 5.14 Å². The van der Waals surface area contributed by atoms with Crippen molar-refractivity contribution in [3.8, 4) is 0 Å². The third-order valence-corrected chi connectivity index (χ3v) is 3.75. The highest BCUT2D eigenvalue weighted by atomic mass is 32.2. The molecule has 0 aliphatic heterocycles. The maximum atomic E-state index is 11.2. The van der Waals surface area contributed by atoms with Gasteiger partial charge >= 0.3 is 0 Å². The molecule has 1 aromatic heterocycles. The summed E-state index contributed by atoms with van der Waals surface area (Å²) in [6.45, 7) is 1.76. The Morgan fingerprint density at radius 3 is 2.62 bits per heavy atom. The summed E-state index contributed by atoms with van der Waals surface area (Å²) in [4.78, 5) is 10.1. The lowest BCUT2D eigenvalue weighted by atomic mass is 10.2. The van der Waals surface area contributed by atoms with Gasteiger partial charge in [-0.1, -0.05) is 0 Å². The SMILES string of the molecule is C[C@H](Nc1ccc(S(N)(=O)=O)cc1[N+](=O)[O-])c1ccco1. The summed E-state index contributed by atoms with van der Waals surface area (Å²) in [5.74, 6) is 0.597. The van der Waals surface area contributed by atoms with Crippen LogP contribution in [0.15, 0.2) is 45.9 Å². The molecule has 1 aromatic carbocycles. The highest BCUT2D eigenvalue weighted by Gasteiger charge is 2.21. The smallest absolute Gasteiger partial charge is 0.293 e. The molecule has 2 rings (SSSR count). The van der Waals surface area contributed by atoms with Gasteiger partial charge < -0.3 is 9.73 Å². The number of anilines is 1. The van der Waals surface area contributed by atoms with Crippen LogP contribution in [0.4, 0.5) is 11.4 Å². The van der Waals surface area contributed by atoms with Gasteiger partial charge in [0.2, 0.25) is 10.0 Å². The first-order chi connectivity index (χ1) is 9.79. The molecule has 9 heteroatoms. The van der Waals surface area contributed by atoms with Crippen LogP contribution in [0.3, 0.4) is 0 Å². The number of nitro groups is 1. The van der Waals surface area contributed by atoms with Crippen molar-refractivity contribution >= 4 is 21.4 Å². The van der Waals surface area contributed by atoms with E-state index in [1.807, 2.05) is 0 Å². The molecule has 1 heterocycles. The summed E-state index contributed by atoms with van der Waals surface area (Å²) in [6.07, 6.45) is 1.49. The maximum Gasteiger partial charge on any atom is 0.293 e. The Bertz CT molecular complexity index is 755. The summed E-state index contributed by atoms with van der Waals surface area (Å²) in [5, 5.41) is 18.9. The summed E-state index contributed by atoms with van der Waals surface area (Å²) < 4.78 is 27.7. The number of benzene rings is 1. The lowest BCUT2D eigenvalue weighted by Gasteiger charge is -2.13. The average Bonchev–Trinajstić information content (AvgIpc) is 2.91. The van der Waals surface area contributed by atoms with E-state index in [-0.39, 0.29) is 22.3 Å². The van der Waals surface area contributed by atoms with Crippen LogP contribution < -0.4 is 10.5 Å². The number of rotatable bonds is 5. The minimum absolute atomic E-state index is 0.177. The number of nitrogens with zero attached hydrogens (tertiary/aromatic N) is 1. The predicted octanol–water partition coefficient (Wildman–Crippen LogP) is 2.01. The van der Waals surface area contributed by atoms with Crippen LogP contribution in [0, 0.1) is 10.1 Å². The molecule has 0 unspecified atom stereocenters. The third-order valence-electron chi connectivity index (χ3n) is 2.84. The number of primary sulfonamides is 1.